The maximum atomic E-state index is 7.37. The molecule has 240 valence electrons. The van der Waals surface area contributed by atoms with Crippen LogP contribution in [-0.4, -0.2) is 28.4 Å². The number of benzene rings is 6. The normalized spacial score (nSPS) is 11.6. The minimum Gasteiger partial charge on any atom is -0.497 e. The minimum atomic E-state index is 0.655. The Morgan fingerprint density at radius 2 is 0.833 bits per heavy atom. The van der Waals surface area contributed by atoms with Crippen LogP contribution >= 0.6 is 11.8 Å². The monoisotopic (exact) mass is 653 g/mol. The molecule has 1 aliphatic rings. The second-order valence-corrected chi connectivity index (χ2v) is 12.3. The minimum absolute atomic E-state index is 0.655. The number of hydrogen-bond acceptors (Lipinski definition) is 8. The molecule has 7 rings (SSSR count). The lowest BCUT2D eigenvalue weighted by atomic mass is 9.87. The van der Waals surface area contributed by atoms with Crippen LogP contribution in [0, 0.1) is 0 Å². The Morgan fingerprint density at radius 3 is 1.27 bits per heavy atom. The molecule has 0 fully saturated rings. The van der Waals surface area contributed by atoms with Crippen LogP contribution in [0.1, 0.15) is 0 Å². The number of ether oxygens (including phenoxy) is 4. The van der Waals surface area contributed by atoms with Gasteiger partial charge in [-0.3, -0.25) is 0 Å². The van der Waals surface area contributed by atoms with E-state index in [4.69, 9.17) is 30.4 Å². The van der Waals surface area contributed by atoms with Crippen LogP contribution in [0.3, 0.4) is 0 Å². The quantitative estimate of drug-likeness (QED) is 0.139. The third kappa shape index (κ3) is 5.40. The van der Waals surface area contributed by atoms with E-state index in [9.17, 15) is 0 Å². The zero-order chi connectivity index (χ0) is 33.4. The van der Waals surface area contributed by atoms with Crippen LogP contribution in [0.4, 0.5) is 22.7 Å². The molecule has 0 saturated carbocycles. The summed E-state index contributed by atoms with van der Waals surface area (Å²) in [7, 11) is 6.66. The molecule has 1 aliphatic heterocycles. The maximum absolute atomic E-state index is 7.37. The molecular formula is C40H35N3O4S. The fraction of sp³-hybridized carbons (Fsp3) is 0.100. The number of anilines is 4. The zero-order valence-electron chi connectivity index (χ0n) is 27.1. The first-order valence-electron chi connectivity index (χ1n) is 15.4. The van der Waals surface area contributed by atoms with Crippen molar-refractivity contribution in [3.8, 4) is 67.5 Å². The molecule has 0 unspecified atom stereocenters. The summed E-state index contributed by atoms with van der Waals surface area (Å²) in [4.78, 5) is 2.01. The fourth-order valence-electron chi connectivity index (χ4n) is 6.21. The number of fused-ring (bicyclic) bond motifs is 2. The van der Waals surface area contributed by atoms with Gasteiger partial charge in [0.25, 0.3) is 0 Å². The van der Waals surface area contributed by atoms with Gasteiger partial charge in [0.05, 0.1) is 39.8 Å². The van der Waals surface area contributed by atoms with Gasteiger partial charge >= 0.3 is 0 Å². The molecule has 6 aromatic carbocycles. The molecule has 0 bridgehead atoms. The van der Waals surface area contributed by atoms with E-state index in [0.29, 0.717) is 11.4 Å². The van der Waals surface area contributed by atoms with Crippen LogP contribution in [0.25, 0.3) is 44.5 Å². The summed E-state index contributed by atoms with van der Waals surface area (Å²) < 4.78 is 22.0. The highest BCUT2D eigenvalue weighted by atomic mass is 32.2. The Balaban J connectivity index is 1.54. The fourth-order valence-corrected chi connectivity index (χ4v) is 7.57. The Labute approximate surface area is 284 Å². The lowest BCUT2D eigenvalue weighted by Crippen LogP contribution is -2.09. The molecular weight excluding hydrogens is 619 g/mol. The van der Waals surface area contributed by atoms with E-state index >= 15 is 0 Å². The number of nitrogens with one attached hydrogen (secondary N) is 1. The topological polar surface area (TPSA) is 101 Å². The van der Waals surface area contributed by atoms with Gasteiger partial charge in [-0.15, -0.1) is 0 Å². The summed E-state index contributed by atoms with van der Waals surface area (Å²) in [5.74, 6) is 3.08. The maximum Gasteiger partial charge on any atom is 0.118 e. The molecule has 0 radical (unpaired) electrons. The molecule has 0 atom stereocenters. The molecule has 0 saturated heterocycles. The molecule has 7 nitrogen and oxygen atoms in total. The second kappa shape index (κ2) is 12.8. The highest BCUT2D eigenvalue weighted by Crippen LogP contribution is 2.60. The predicted octanol–water partition coefficient (Wildman–Crippen LogP) is 9.76. The summed E-state index contributed by atoms with van der Waals surface area (Å²) in [5, 5.41) is 3.85. The largest absolute Gasteiger partial charge is 0.497 e. The van der Waals surface area contributed by atoms with Crippen molar-refractivity contribution in [1.29, 1.82) is 0 Å². The lowest BCUT2D eigenvalue weighted by Gasteiger charge is -2.31. The summed E-state index contributed by atoms with van der Waals surface area (Å²) in [5.41, 5.74) is 25.0. The van der Waals surface area contributed by atoms with Crippen molar-refractivity contribution >= 4 is 34.5 Å². The van der Waals surface area contributed by atoms with Crippen LogP contribution in [0.5, 0.6) is 23.0 Å². The summed E-state index contributed by atoms with van der Waals surface area (Å²) in [6.07, 6.45) is 0. The first-order valence-corrected chi connectivity index (χ1v) is 16.2. The van der Waals surface area contributed by atoms with Gasteiger partial charge in [-0.1, -0.05) is 60.3 Å². The van der Waals surface area contributed by atoms with Crippen LogP contribution in [0.2, 0.25) is 0 Å². The van der Waals surface area contributed by atoms with Gasteiger partial charge in [0.1, 0.15) is 23.0 Å². The van der Waals surface area contributed by atoms with E-state index in [-0.39, 0.29) is 0 Å². The SMILES string of the molecule is COc1ccc(-c2c(N)ccc3c2Sc2c(c(-c4ccc(OC)cc4)c(-c4ccc(OC)cc4)c(N)c2-c2ccc(OC)cc2)N3)cc1. The van der Waals surface area contributed by atoms with Gasteiger partial charge in [-0.2, -0.15) is 0 Å². The van der Waals surface area contributed by atoms with E-state index in [2.05, 4.69) is 29.6 Å². The van der Waals surface area contributed by atoms with Gasteiger partial charge in [-0.25, -0.2) is 0 Å². The number of methoxy groups -OCH3 is 4. The highest BCUT2D eigenvalue weighted by Gasteiger charge is 2.31. The van der Waals surface area contributed by atoms with Crippen LogP contribution < -0.4 is 35.7 Å². The van der Waals surface area contributed by atoms with Gasteiger partial charge < -0.3 is 35.7 Å². The van der Waals surface area contributed by atoms with Crippen molar-refractivity contribution in [2.75, 3.05) is 45.2 Å². The van der Waals surface area contributed by atoms with E-state index in [0.717, 1.165) is 88.7 Å². The Kier molecular flexibility index (Phi) is 8.25. The average molecular weight is 654 g/mol. The van der Waals surface area contributed by atoms with E-state index in [1.165, 1.54) is 0 Å². The standard InChI is InChI=1S/C40H35N3O4S/c1-44-27-13-5-23(6-14-27)33-31(41)21-22-32-39(33)48-40-36(26-11-19-30(47-4)20-12-26)37(42)34(24-7-15-28(45-2)16-8-24)35(38(40)43-32)25-9-17-29(46-3)18-10-25/h5-22,43H,41-42H2,1-4H3. The predicted molar refractivity (Wildman–Crippen MR) is 197 cm³/mol. The second-order valence-electron chi connectivity index (χ2n) is 11.3. The molecule has 8 heteroatoms. The molecule has 0 aromatic heterocycles. The third-order valence-electron chi connectivity index (χ3n) is 8.66. The first-order chi connectivity index (χ1) is 23.4. The van der Waals surface area contributed by atoms with Gasteiger partial charge in [0.15, 0.2) is 0 Å². The zero-order valence-corrected chi connectivity index (χ0v) is 27.9. The molecule has 0 aliphatic carbocycles. The van der Waals surface area contributed by atoms with Gasteiger partial charge in [0, 0.05) is 43.4 Å². The van der Waals surface area contributed by atoms with Crippen molar-refractivity contribution in [3.63, 3.8) is 0 Å². The Morgan fingerprint density at radius 1 is 0.438 bits per heavy atom. The Bertz CT molecular complexity index is 2110. The third-order valence-corrected chi connectivity index (χ3v) is 9.90. The summed E-state index contributed by atoms with van der Waals surface area (Å²) in [6.45, 7) is 0. The van der Waals surface area contributed by atoms with E-state index < -0.39 is 0 Å². The summed E-state index contributed by atoms with van der Waals surface area (Å²) >= 11 is 1.67. The van der Waals surface area contributed by atoms with E-state index in [1.54, 1.807) is 40.2 Å². The van der Waals surface area contributed by atoms with Crippen LogP contribution in [-0.2, 0) is 0 Å². The van der Waals surface area contributed by atoms with E-state index in [1.807, 2.05) is 84.9 Å². The smallest absolute Gasteiger partial charge is 0.118 e. The lowest BCUT2D eigenvalue weighted by molar-refractivity contribution is 0.414. The van der Waals surface area contributed by atoms with Crippen molar-refractivity contribution in [2.45, 2.75) is 9.79 Å². The first kappa shape index (κ1) is 30.9. The number of nitrogen functional groups attached to an aromatic ring is 2. The van der Waals surface area contributed by atoms with Crippen LogP contribution in [0.15, 0.2) is 119 Å². The molecule has 0 spiro atoms. The molecule has 0 amide bonds. The van der Waals surface area contributed by atoms with Crippen molar-refractivity contribution < 1.29 is 18.9 Å². The van der Waals surface area contributed by atoms with Gasteiger partial charge in [-0.05, 0) is 82.9 Å². The molecule has 5 N–H and O–H groups in total. The Hall–Kier alpha value is -5.73. The molecule has 1 heterocycles. The molecule has 6 aromatic rings. The van der Waals surface area contributed by atoms with Crippen molar-refractivity contribution in [2.24, 2.45) is 0 Å². The summed E-state index contributed by atoms with van der Waals surface area (Å²) in [6, 6.07) is 36.1. The van der Waals surface area contributed by atoms with Gasteiger partial charge in [0.2, 0.25) is 0 Å². The average Bonchev–Trinajstić information content (AvgIpc) is 3.14. The highest BCUT2D eigenvalue weighted by molar-refractivity contribution is 8.00. The number of nitrogens with two attached hydrogens (primary N) is 2. The number of hydrogen-bond donors (Lipinski definition) is 3. The van der Waals surface area contributed by atoms with Crippen molar-refractivity contribution in [3.05, 3.63) is 109 Å². The molecule has 48 heavy (non-hydrogen) atoms. The van der Waals surface area contributed by atoms with Crippen molar-refractivity contribution in [1.82, 2.24) is 0 Å². The number of rotatable bonds is 8.